The van der Waals surface area contributed by atoms with Gasteiger partial charge in [-0.2, -0.15) is 0 Å². The van der Waals surface area contributed by atoms with E-state index >= 15 is 0 Å². The molecule has 102 valence electrons. The van der Waals surface area contributed by atoms with Gasteiger partial charge in [-0.05, 0) is 19.1 Å². The highest BCUT2D eigenvalue weighted by molar-refractivity contribution is 7.89. The van der Waals surface area contributed by atoms with Gasteiger partial charge >= 0.3 is 0 Å². The molecule has 0 amide bonds. The number of rotatable bonds is 6. The van der Waals surface area contributed by atoms with E-state index < -0.39 is 10.0 Å². The highest BCUT2D eigenvalue weighted by atomic mass is 32.2. The molecule has 0 spiro atoms. The van der Waals surface area contributed by atoms with Crippen molar-refractivity contribution < 1.29 is 8.42 Å². The number of sulfonamides is 1. The van der Waals surface area contributed by atoms with Gasteiger partial charge in [0.2, 0.25) is 10.0 Å². The molecule has 19 heavy (non-hydrogen) atoms. The summed E-state index contributed by atoms with van der Waals surface area (Å²) in [6.07, 6.45) is 4.75. The summed E-state index contributed by atoms with van der Waals surface area (Å²) in [5.74, 6) is 0.898. The van der Waals surface area contributed by atoms with Gasteiger partial charge in [-0.15, -0.1) is 0 Å². The Labute approximate surface area is 111 Å². The highest BCUT2D eigenvalue weighted by Gasteiger charge is 2.18. The third kappa shape index (κ3) is 3.30. The van der Waals surface area contributed by atoms with Crippen LogP contribution in [0.3, 0.4) is 0 Å². The van der Waals surface area contributed by atoms with Crippen LogP contribution >= 0.6 is 0 Å². The lowest BCUT2D eigenvalue weighted by atomic mass is 10.4. The molecule has 0 saturated heterocycles. The fourth-order valence-electron chi connectivity index (χ4n) is 1.54. The van der Waals surface area contributed by atoms with E-state index in [0.29, 0.717) is 18.2 Å². The average Bonchev–Trinajstić information content (AvgIpc) is 2.91. The van der Waals surface area contributed by atoms with E-state index in [1.807, 2.05) is 6.92 Å². The van der Waals surface area contributed by atoms with Gasteiger partial charge in [0.05, 0.1) is 6.54 Å². The molecule has 0 atom stereocenters. The summed E-state index contributed by atoms with van der Waals surface area (Å²) >= 11 is 0. The van der Waals surface area contributed by atoms with Crippen LogP contribution in [-0.2, 0) is 16.6 Å². The monoisotopic (exact) mass is 281 g/mol. The summed E-state index contributed by atoms with van der Waals surface area (Å²) in [5.41, 5.74) is 0. The second kappa shape index (κ2) is 5.81. The molecule has 0 unspecified atom stereocenters. The molecular weight excluding hydrogens is 266 g/mol. The smallest absolute Gasteiger partial charge is 0.244 e. The van der Waals surface area contributed by atoms with Crippen LogP contribution in [0.2, 0.25) is 0 Å². The lowest BCUT2D eigenvalue weighted by Crippen LogP contribution is -2.25. The maximum Gasteiger partial charge on any atom is 0.244 e. The van der Waals surface area contributed by atoms with Crippen LogP contribution in [-0.4, -0.2) is 29.9 Å². The number of hydrogen-bond donors (Lipinski definition) is 3. The number of aromatic nitrogens is 3. The molecule has 0 aliphatic rings. The number of anilines is 1. The fourth-order valence-corrected chi connectivity index (χ4v) is 2.66. The Kier molecular flexibility index (Phi) is 4.13. The lowest BCUT2D eigenvalue weighted by Gasteiger charge is -2.10. The van der Waals surface area contributed by atoms with Crippen LogP contribution in [0.4, 0.5) is 5.82 Å². The molecule has 8 heteroatoms. The van der Waals surface area contributed by atoms with E-state index in [1.54, 1.807) is 24.7 Å². The van der Waals surface area contributed by atoms with Crippen molar-refractivity contribution in [1.82, 2.24) is 19.7 Å². The topological polar surface area (TPSA) is 99.8 Å². The van der Waals surface area contributed by atoms with Gasteiger partial charge in [0.1, 0.15) is 16.5 Å². The number of nitrogens with one attached hydrogen (secondary N) is 3. The molecule has 0 saturated carbocycles. The zero-order chi connectivity index (χ0) is 13.7. The van der Waals surface area contributed by atoms with Crippen LogP contribution in [0.25, 0.3) is 0 Å². The van der Waals surface area contributed by atoms with Gasteiger partial charge in [-0.1, -0.05) is 0 Å². The fraction of sp³-hybridized carbons (Fsp3) is 0.273. The Hall–Kier alpha value is -1.93. The van der Waals surface area contributed by atoms with Gasteiger partial charge in [0.25, 0.3) is 0 Å². The van der Waals surface area contributed by atoms with Crippen LogP contribution in [0.5, 0.6) is 0 Å². The number of pyridine rings is 1. The second-order valence-corrected chi connectivity index (χ2v) is 5.48. The molecule has 0 radical (unpaired) electrons. The summed E-state index contributed by atoms with van der Waals surface area (Å²) in [6, 6.07) is 3.09. The molecule has 2 rings (SSSR count). The van der Waals surface area contributed by atoms with Crippen LogP contribution in [0.15, 0.2) is 35.6 Å². The molecule has 0 bridgehead atoms. The zero-order valence-electron chi connectivity index (χ0n) is 10.4. The minimum atomic E-state index is -3.62. The Morgan fingerprint density at radius 1 is 1.32 bits per heavy atom. The van der Waals surface area contributed by atoms with Crippen LogP contribution < -0.4 is 10.0 Å². The molecular formula is C11H15N5O2S. The molecule has 3 N–H and O–H groups in total. The van der Waals surface area contributed by atoms with E-state index in [0.717, 1.165) is 0 Å². The number of H-pyrrole nitrogens is 1. The maximum atomic E-state index is 12.2. The molecule has 0 aliphatic carbocycles. The first-order valence-corrected chi connectivity index (χ1v) is 7.28. The summed E-state index contributed by atoms with van der Waals surface area (Å²) in [6.45, 7) is 2.58. The minimum absolute atomic E-state index is 0.107. The number of aromatic amines is 1. The third-order valence-corrected chi connectivity index (χ3v) is 3.82. The van der Waals surface area contributed by atoms with Crippen LogP contribution in [0.1, 0.15) is 12.7 Å². The molecule has 2 heterocycles. The van der Waals surface area contributed by atoms with E-state index in [-0.39, 0.29) is 11.4 Å². The van der Waals surface area contributed by atoms with Crippen molar-refractivity contribution in [3.05, 3.63) is 36.5 Å². The first-order chi connectivity index (χ1) is 9.13. The van der Waals surface area contributed by atoms with Crippen molar-refractivity contribution in [2.45, 2.75) is 18.4 Å². The summed E-state index contributed by atoms with van der Waals surface area (Å²) in [7, 11) is -3.62. The largest absolute Gasteiger partial charge is 0.369 e. The van der Waals surface area contributed by atoms with Gasteiger partial charge in [-0.25, -0.2) is 23.1 Å². The van der Waals surface area contributed by atoms with Gasteiger partial charge in [0, 0.05) is 25.1 Å². The first kappa shape index (κ1) is 13.5. The SMILES string of the molecule is CCNc1ncccc1S(=O)(=O)NCc1ncc[nH]1. The van der Waals surface area contributed by atoms with Gasteiger partial charge in [-0.3, -0.25) is 0 Å². The molecule has 2 aromatic rings. The first-order valence-electron chi connectivity index (χ1n) is 5.80. The Bertz CT molecular complexity index is 624. The van der Waals surface area contributed by atoms with Gasteiger partial charge in [0.15, 0.2) is 0 Å². The Morgan fingerprint density at radius 3 is 2.84 bits per heavy atom. The molecule has 2 aromatic heterocycles. The van der Waals surface area contributed by atoms with Crippen molar-refractivity contribution in [3.8, 4) is 0 Å². The Balaban J connectivity index is 2.19. The summed E-state index contributed by atoms with van der Waals surface area (Å²) < 4.78 is 26.9. The number of hydrogen-bond acceptors (Lipinski definition) is 5. The quantitative estimate of drug-likeness (QED) is 0.724. The molecule has 0 aliphatic heterocycles. The van der Waals surface area contributed by atoms with Crippen molar-refractivity contribution in [2.75, 3.05) is 11.9 Å². The highest BCUT2D eigenvalue weighted by Crippen LogP contribution is 2.17. The van der Waals surface area contributed by atoms with E-state index in [9.17, 15) is 8.42 Å². The normalized spacial score (nSPS) is 11.4. The van der Waals surface area contributed by atoms with E-state index in [2.05, 4.69) is 25.0 Å². The van der Waals surface area contributed by atoms with E-state index in [4.69, 9.17) is 0 Å². The lowest BCUT2D eigenvalue weighted by molar-refractivity contribution is 0.579. The average molecular weight is 281 g/mol. The number of nitrogens with zero attached hydrogens (tertiary/aromatic N) is 2. The van der Waals surface area contributed by atoms with Crippen molar-refractivity contribution in [1.29, 1.82) is 0 Å². The predicted octanol–water partition coefficient (Wildman–Crippen LogP) is 0.715. The number of imidazole rings is 1. The van der Waals surface area contributed by atoms with Gasteiger partial charge < -0.3 is 10.3 Å². The molecule has 0 aromatic carbocycles. The van der Waals surface area contributed by atoms with Crippen molar-refractivity contribution in [3.63, 3.8) is 0 Å². The summed E-state index contributed by atoms with van der Waals surface area (Å²) in [4.78, 5) is 10.9. The van der Waals surface area contributed by atoms with E-state index in [1.165, 1.54) is 6.07 Å². The second-order valence-electron chi connectivity index (χ2n) is 3.74. The minimum Gasteiger partial charge on any atom is -0.369 e. The standard InChI is InChI=1S/C11H15N5O2S/c1-2-12-11-9(4-3-5-15-11)19(17,18)16-8-10-13-6-7-14-10/h3-7,16H,2,8H2,1H3,(H,12,15)(H,13,14). The molecule has 7 nitrogen and oxygen atoms in total. The zero-order valence-corrected chi connectivity index (χ0v) is 11.2. The van der Waals surface area contributed by atoms with Crippen LogP contribution in [0, 0.1) is 0 Å². The third-order valence-electron chi connectivity index (χ3n) is 2.39. The van der Waals surface area contributed by atoms with Crippen molar-refractivity contribution in [2.24, 2.45) is 0 Å². The predicted molar refractivity (Wildman–Crippen MR) is 71.0 cm³/mol. The van der Waals surface area contributed by atoms with Crippen molar-refractivity contribution >= 4 is 15.8 Å². The molecule has 0 fully saturated rings. The summed E-state index contributed by atoms with van der Waals surface area (Å²) in [5, 5.41) is 2.92. The maximum absolute atomic E-state index is 12.2. The Morgan fingerprint density at radius 2 is 2.16 bits per heavy atom.